The van der Waals surface area contributed by atoms with Crippen LogP contribution < -0.4 is 5.32 Å². The predicted octanol–water partition coefficient (Wildman–Crippen LogP) is 0.399. The van der Waals surface area contributed by atoms with Gasteiger partial charge in [-0.15, -0.1) is 0 Å². The number of aliphatic hydroxyl groups is 1. The Labute approximate surface area is 95.4 Å². The van der Waals surface area contributed by atoms with Crippen LogP contribution in [0.15, 0.2) is 12.0 Å². The number of nitrogens with one attached hydrogen (secondary N) is 1. The fraction of sp³-hybridized carbons (Fsp3) is 0.727. The molecular formula is C11H19NO4. The van der Waals surface area contributed by atoms with Gasteiger partial charge in [0.2, 0.25) is 5.76 Å². The van der Waals surface area contributed by atoms with E-state index in [4.69, 9.17) is 14.6 Å². The van der Waals surface area contributed by atoms with Gasteiger partial charge in [0.15, 0.2) is 0 Å². The molecule has 0 saturated heterocycles. The minimum Gasteiger partial charge on any atom is -0.494 e. The molecule has 2 N–H and O–H groups in total. The van der Waals surface area contributed by atoms with E-state index in [1.807, 2.05) is 6.92 Å². The first kappa shape index (κ1) is 12.8. The Kier molecular flexibility index (Phi) is 5.71. The highest BCUT2D eigenvalue weighted by atomic mass is 16.6. The van der Waals surface area contributed by atoms with Crippen molar-refractivity contribution in [1.82, 2.24) is 5.32 Å². The second-order valence-corrected chi connectivity index (χ2v) is 3.89. The molecule has 0 bridgehead atoms. The molecule has 0 spiro atoms. The van der Waals surface area contributed by atoms with Crippen molar-refractivity contribution < 1.29 is 19.4 Å². The number of hydrogen-bond acceptors (Lipinski definition) is 4. The van der Waals surface area contributed by atoms with Crippen molar-refractivity contribution in [2.45, 2.75) is 19.8 Å². The molecule has 0 aromatic carbocycles. The summed E-state index contributed by atoms with van der Waals surface area (Å²) in [5.41, 5.74) is 0. The molecule has 16 heavy (non-hydrogen) atoms. The summed E-state index contributed by atoms with van der Waals surface area (Å²) in [7, 11) is 0. The minimum absolute atomic E-state index is 0.191. The van der Waals surface area contributed by atoms with E-state index < -0.39 is 0 Å². The fourth-order valence-electron chi connectivity index (χ4n) is 1.32. The zero-order valence-corrected chi connectivity index (χ0v) is 9.57. The van der Waals surface area contributed by atoms with Crippen LogP contribution in [0.25, 0.3) is 0 Å². The van der Waals surface area contributed by atoms with Crippen molar-refractivity contribution >= 4 is 5.91 Å². The molecule has 1 rings (SSSR count). The first-order valence-electron chi connectivity index (χ1n) is 5.57. The number of aliphatic hydroxyl groups excluding tert-OH is 1. The van der Waals surface area contributed by atoms with E-state index in [-0.39, 0.29) is 24.2 Å². The molecule has 0 radical (unpaired) electrons. The van der Waals surface area contributed by atoms with Gasteiger partial charge in [-0.1, -0.05) is 6.92 Å². The molecule has 5 nitrogen and oxygen atoms in total. The van der Waals surface area contributed by atoms with Gasteiger partial charge in [-0.3, -0.25) is 4.79 Å². The van der Waals surface area contributed by atoms with Crippen molar-refractivity contribution in [3.63, 3.8) is 0 Å². The van der Waals surface area contributed by atoms with E-state index in [0.29, 0.717) is 19.8 Å². The van der Waals surface area contributed by atoms with Gasteiger partial charge in [-0.2, -0.15) is 0 Å². The molecule has 1 aliphatic heterocycles. The van der Waals surface area contributed by atoms with E-state index in [9.17, 15) is 4.79 Å². The lowest BCUT2D eigenvalue weighted by molar-refractivity contribution is -0.122. The number of carbonyl (C=O) groups excluding carboxylic acids is 1. The van der Waals surface area contributed by atoms with Crippen LogP contribution in [-0.2, 0) is 14.3 Å². The van der Waals surface area contributed by atoms with Crippen LogP contribution >= 0.6 is 0 Å². The Morgan fingerprint density at radius 2 is 2.44 bits per heavy atom. The fourth-order valence-corrected chi connectivity index (χ4v) is 1.32. The molecule has 0 aliphatic carbocycles. The maximum atomic E-state index is 11.5. The van der Waals surface area contributed by atoms with E-state index in [0.717, 1.165) is 12.8 Å². The summed E-state index contributed by atoms with van der Waals surface area (Å²) in [4.78, 5) is 11.5. The van der Waals surface area contributed by atoms with E-state index >= 15 is 0 Å². The highest BCUT2D eigenvalue weighted by Crippen LogP contribution is 2.05. The van der Waals surface area contributed by atoms with Gasteiger partial charge in [0.25, 0.3) is 5.91 Å². The van der Waals surface area contributed by atoms with Crippen LogP contribution in [-0.4, -0.2) is 37.4 Å². The Morgan fingerprint density at radius 1 is 1.62 bits per heavy atom. The van der Waals surface area contributed by atoms with Gasteiger partial charge in [0, 0.05) is 13.2 Å². The number of carbonyl (C=O) groups is 1. The molecule has 1 atom stereocenters. The average molecular weight is 229 g/mol. The average Bonchev–Trinajstić information content (AvgIpc) is 2.35. The van der Waals surface area contributed by atoms with Gasteiger partial charge in [0.05, 0.1) is 0 Å². The van der Waals surface area contributed by atoms with E-state index in [1.54, 1.807) is 0 Å². The second-order valence-electron chi connectivity index (χ2n) is 3.89. The Hall–Kier alpha value is -1.23. The summed E-state index contributed by atoms with van der Waals surface area (Å²) in [6.45, 7) is 3.66. The summed E-state index contributed by atoms with van der Waals surface area (Å²) >= 11 is 0. The Balaban J connectivity index is 2.12. The van der Waals surface area contributed by atoms with Crippen LogP contribution in [0.2, 0.25) is 0 Å². The van der Waals surface area contributed by atoms with Crippen LogP contribution in [0, 0.1) is 5.92 Å². The molecule has 1 aliphatic rings. The first-order chi connectivity index (χ1) is 7.74. The van der Waals surface area contributed by atoms with Crippen LogP contribution in [0.1, 0.15) is 19.8 Å². The van der Waals surface area contributed by atoms with E-state index in [2.05, 4.69) is 5.32 Å². The van der Waals surface area contributed by atoms with Gasteiger partial charge in [-0.25, -0.2) is 0 Å². The van der Waals surface area contributed by atoms with Gasteiger partial charge in [-0.05, 0) is 18.8 Å². The van der Waals surface area contributed by atoms with Gasteiger partial charge >= 0.3 is 0 Å². The third kappa shape index (κ3) is 4.53. The maximum Gasteiger partial charge on any atom is 0.289 e. The standard InChI is InChI=1S/C11H19NO4/c1-9(7-13)3-2-4-12-11(14)10-8-15-5-6-16-10/h8-9,13H,2-7H2,1H3,(H,12,14). The number of hydrogen-bond donors (Lipinski definition) is 2. The summed E-state index contributed by atoms with van der Waals surface area (Å²) in [6.07, 6.45) is 3.09. The van der Waals surface area contributed by atoms with Crippen molar-refractivity contribution in [2.75, 3.05) is 26.4 Å². The largest absolute Gasteiger partial charge is 0.494 e. The molecular weight excluding hydrogens is 210 g/mol. The van der Waals surface area contributed by atoms with Gasteiger partial charge < -0.3 is 19.9 Å². The molecule has 0 saturated carbocycles. The summed E-state index contributed by atoms with van der Waals surface area (Å²) < 4.78 is 10.1. The van der Waals surface area contributed by atoms with Crippen molar-refractivity contribution in [2.24, 2.45) is 5.92 Å². The molecule has 5 heteroatoms. The molecule has 92 valence electrons. The first-order valence-corrected chi connectivity index (χ1v) is 5.57. The normalized spacial score (nSPS) is 16.8. The lowest BCUT2D eigenvalue weighted by atomic mass is 10.1. The minimum atomic E-state index is -0.239. The third-order valence-corrected chi connectivity index (χ3v) is 2.34. The van der Waals surface area contributed by atoms with Crippen molar-refractivity contribution in [1.29, 1.82) is 0 Å². The number of ether oxygens (including phenoxy) is 2. The van der Waals surface area contributed by atoms with Gasteiger partial charge in [0.1, 0.15) is 19.5 Å². The van der Waals surface area contributed by atoms with Crippen LogP contribution in [0.3, 0.4) is 0 Å². The highest BCUT2D eigenvalue weighted by molar-refractivity contribution is 5.91. The van der Waals surface area contributed by atoms with E-state index in [1.165, 1.54) is 6.26 Å². The predicted molar refractivity (Wildman–Crippen MR) is 58.5 cm³/mol. The molecule has 1 heterocycles. The van der Waals surface area contributed by atoms with Crippen molar-refractivity contribution in [3.05, 3.63) is 12.0 Å². The molecule has 1 unspecified atom stereocenters. The monoisotopic (exact) mass is 229 g/mol. The maximum absolute atomic E-state index is 11.5. The smallest absolute Gasteiger partial charge is 0.289 e. The lowest BCUT2D eigenvalue weighted by Crippen LogP contribution is -2.29. The molecule has 0 aromatic heterocycles. The molecule has 0 fully saturated rings. The summed E-state index contributed by atoms with van der Waals surface area (Å²) in [5.74, 6) is 0.281. The highest BCUT2D eigenvalue weighted by Gasteiger charge is 2.13. The van der Waals surface area contributed by atoms with Crippen LogP contribution in [0.4, 0.5) is 0 Å². The quantitative estimate of drug-likeness (QED) is 0.647. The lowest BCUT2D eigenvalue weighted by Gasteiger charge is -2.15. The number of rotatable bonds is 6. The van der Waals surface area contributed by atoms with Crippen molar-refractivity contribution in [3.8, 4) is 0 Å². The zero-order valence-electron chi connectivity index (χ0n) is 9.57. The summed E-state index contributed by atoms with van der Waals surface area (Å²) in [6, 6.07) is 0. The topological polar surface area (TPSA) is 67.8 Å². The molecule has 0 aromatic rings. The zero-order chi connectivity index (χ0) is 11.8. The Morgan fingerprint density at radius 3 is 3.06 bits per heavy atom. The van der Waals surface area contributed by atoms with Crippen LogP contribution in [0.5, 0.6) is 0 Å². The number of amides is 1. The second kappa shape index (κ2) is 7.11. The summed E-state index contributed by atoms with van der Waals surface area (Å²) in [5, 5.41) is 11.6. The molecule has 1 amide bonds. The third-order valence-electron chi connectivity index (χ3n) is 2.34. The SMILES string of the molecule is CC(CO)CCCNC(=O)C1=COCCO1. The Bertz CT molecular complexity index is 252.